The molecule has 0 unspecified atom stereocenters. The molecule has 1 amide bonds. The molecule has 0 saturated carbocycles. The number of likely N-dealkylation sites (tertiary alicyclic amines) is 1. The van der Waals surface area contributed by atoms with Crippen LogP contribution in [0.5, 0.6) is 5.75 Å². The van der Waals surface area contributed by atoms with E-state index >= 15 is 0 Å². The minimum absolute atomic E-state index is 0.229. The third-order valence-corrected chi connectivity index (χ3v) is 6.38. The number of methoxy groups -OCH3 is 1. The third-order valence-electron chi connectivity index (χ3n) is 6.38. The number of hydrogen-bond donors (Lipinski definition) is 0. The second kappa shape index (κ2) is 10.5. The zero-order valence-corrected chi connectivity index (χ0v) is 19.9. The first kappa shape index (κ1) is 22.8. The highest BCUT2D eigenvalue weighted by molar-refractivity contribution is 5.81. The Hall–Kier alpha value is -3.94. The highest BCUT2D eigenvalue weighted by atomic mass is 16.5. The van der Waals surface area contributed by atoms with Crippen molar-refractivity contribution in [3.8, 4) is 17.1 Å². The average Bonchev–Trinajstić information content (AvgIpc) is 3.44. The van der Waals surface area contributed by atoms with Crippen LogP contribution in [0, 0.1) is 0 Å². The van der Waals surface area contributed by atoms with Crippen LogP contribution in [0.3, 0.4) is 0 Å². The molecule has 1 aliphatic heterocycles. The zero-order chi connectivity index (χ0) is 24.0. The Kier molecular flexibility index (Phi) is 6.88. The Morgan fingerprint density at radius 1 is 1.06 bits per heavy atom. The molecule has 35 heavy (non-hydrogen) atoms. The van der Waals surface area contributed by atoms with Crippen molar-refractivity contribution in [2.75, 3.05) is 20.2 Å². The molecule has 1 fully saturated rings. The van der Waals surface area contributed by atoms with Gasteiger partial charge in [-0.25, -0.2) is 4.98 Å². The van der Waals surface area contributed by atoms with Gasteiger partial charge in [-0.1, -0.05) is 30.1 Å². The van der Waals surface area contributed by atoms with E-state index in [-0.39, 0.29) is 5.91 Å². The van der Waals surface area contributed by atoms with Crippen molar-refractivity contribution in [2.24, 2.45) is 0 Å². The van der Waals surface area contributed by atoms with Gasteiger partial charge in [0.05, 0.1) is 24.5 Å². The zero-order valence-electron chi connectivity index (χ0n) is 19.9. The number of nitrogens with zero attached hydrogens (tertiary/aromatic N) is 5. The van der Waals surface area contributed by atoms with E-state index in [1.165, 1.54) is 12.8 Å². The molecule has 0 radical (unpaired) electrons. The summed E-state index contributed by atoms with van der Waals surface area (Å²) in [4.78, 5) is 23.7. The first-order valence-corrected chi connectivity index (χ1v) is 12.1. The number of benzene rings is 2. The van der Waals surface area contributed by atoms with Crippen LogP contribution in [0.15, 0.2) is 53.3 Å². The summed E-state index contributed by atoms with van der Waals surface area (Å²) in [6.45, 7) is 2.39. The van der Waals surface area contributed by atoms with Crippen LogP contribution in [0.25, 0.3) is 34.6 Å². The summed E-state index contributed by atoms with van der Waals surface area (Å²) >= 11 is 0. The van der Waals surface area contributed by atoms with E-state index < -0.39 is 0 Å². The van der Waals surface area contributed by atoms with E-state index in [1.54, 1.807) is 19.5 Å². The molecule has 0 spiro atoms. The van der Waals surface area contributed by atoms with E-state index in [0.717, 1.165) is 53.8 Å². The molecule has 2 aromatic carbocycles. The normalized spacial score (nSPS) is 14.5. The minimum atomic E-state index is 0.229. The maximum Gasteiger partial charge on any atom is 0.250 e. The third kappa shape index (κ3) is 5.42. The molecule has 8 nitrogen and oxygen atoms in total. The quantitative estimate of drug-likeness (QED) is 0.375. The molecule has 0 aliphatic carbocycles. The molecule has 0 atom stereocenters. The van der Waals surface area contributed by atoms with E-state index in [1.807, 2.05) is 58.0 Å². The van der Waals surface area contributed by atoms with Crippen LogP contribution < -0.4 is 4.74 Å². The fourth-order valence-corrected chi connectivity index (χ4v) is 4.38. The summed E-state index contributed by atoms with van der Waals surface area (Å²) in [5.41, 5.74) is 3.66. The standard InChI is InChI=1S/C27H29N5O3/c1-34-22-10-6-20(7-11-22)8-13-25-29-27(30-35-25)21-9-12-24-23(18-21)28-19-32(24)17-14-26(33)31-15-4-2-3-5-16-31/h6-13,18-19H,2-5,14-17H2,1H3. The van der Waals surface area contributed by atoms with Crippen molar-refractivity contribution in [1.29, 1.82) is 0 Å². The average molecular weight is 472 g/mol. The summed E-state index contributed by atoms with van der Waals surface area (Å²) in [6, 6.07) is 13.6. The smallest absolute Gasteiger partial charge is 0.250 e. The number of aryl methyl sites for hydroxylation is 1. The van der Waals surface area contributed by atoms with Gasteiger partial charge in [0.15, 0.2) is 0 Å². The number of ether oxygens (including phenoxy) is 1. The van der Waals surface area contributed by atoms with Gasteiger partial charge in [0.25, 0.3) is 5.89 Å². The number of carbonyl (C=O) groups is 1. The number of hydrogen-bond acceptors (Lipinski definition) is 6. The number of rotatable bonds is 7. The van der Waals surface area contributed by atoms with Gasteiger partial charge in [-0.3, -0.25) is 4.79 Å². The monoisotopic (exact) mass is 471 g/mol. The van der Waals surface area contributed by atoms with Gasteiger partial charge in [0, 0.05) is 37.7 Å². The number of aromatic nitrogens is 4. The van der Waals surface area contributed by atoms with Crippen LogP contribution >= 0.6 is 0 Å². The molecular weight excluding hydrogens is 442 g/mol. The highest BCUT2D eigenvalue weighted by Gasteiger charge is 2.16. The Morgan fingerprint density at radius 3 is 2.63 bits per heavy atom. The lowest BCUT2D eigenvalue weighted by molar-refractivity contribution is -0.131. The van der Waals surface area contributed by atoms with E-state index in [9.17, 15) is 4.79 Å². The number of fused-ring (bicyclic) bond motifs is 1. The van der Waals surface area contributed by atoms with Gasteiger partial charge in [-0.15, -0.1) is 0 Å². The molecule has 180 valence electrons. The predicted molar refractivity (Wildman–Crippen MR) is 135 cm³/mol. The van der Waals surface area contributed by atoms with Gasteiger partial charge < -0.3 is 18.7 Å². The fraction of sp³-hybridized carbons (Fsp3) is 0.333. The van der Waals surface area contributed by atoms with Crippen molar-refractivity contribution >= 4 is 29.1 Å². The van der Waals surface area contributed by atoms with Gasteiger partial charge in [-0.05, 0) is 54.8 Å². The minimum Gasteiger partial charge on any atom is -0.497 e. The van der Waals surface area contributed by atoms with Crippen LogP contribution in [-0.2, 0) is 11.3 Å². The van der Waals surface area contributed by atoms with Gasteiger partial charge in [0.2, 0.25) is 11.7 Å². The second-order valence-electron chi connectivity index (χ2n) is 8.75. The van der Waals surface area contributed by atoms with Crippen LogP contribution in [0.2, 0.25) is 0 Å². The molecule has 0 N–H and O–H groups in total. The van der Waals surface area contributed by atoms with Crippen LogP contribution in [0.4, 0.5) is 0 Å². The summed E-state index contributed by atoms with van der Waals surface area (Å²) in [5, 5.41) is 4.12. The SMILES string of the molecule is COc1ccc(C=Cc2nc(-c3ccc4c(c3)ncn4CCC(=O)N3CCCCCC3)no2)cc1. The van der Waals surface area contributed by atoms with Crippen molar-refractivity contribution in [2.45, 2.75) is 38.6 Å². The summed E-state index contributed by atoms with van der Waals surface area (Å²) in [7, 11) is 1.64. The Morgan fingerprint density at radius 2 is 1.86 bits per heavy atom. The number of imidazole rings is 1. The number of amides is 1. The van der Waals surface area contributed by atoms with Crippen molar-refractivity contribution < 1.29 is 14.1 Å². The highest BCUT2D eigenvalue weighted by Crippen LogP contribution is 2.23. The first-order chi connectivity index (χ1) is 17.2. The fourth-order valence-electron chi connectivity index (χ4n) is 4.38. The molecular formula is C27H29N5O3. The Bertz CT molecular complexity index is 1310. The van der Waals surface area contributed by atoms with Crippen molar-refractivity contribution in [3.63, 3.8) is 0 Å². The lowest BCUT2D eigenvalue weighted by Crippen LogP contribution is -2.32. The van der Waals surface area contributed by atoms with Crippen LogP contribution in [-0.4, -0.2) is 50.7 Å². The maximum absolute atomic E-state index is 12.7. The van der Waals surface area contributed by atoms with Gasteiger partial charge in [-0.2, -0.15) is 4.98 Å². The summed E-state index contributed by atoms with van der Waals surface area (Å²) < 4.78 is 12.6. The lowest BCUT2D eigenvalue weighted by atomic mass is 10.2. The second-order valence-corrected chi connectivity index (χ2v) is 8.75. The molecule has 3 heterocycles. The van der Waals surface area contributed by atoms with Crippen molar-refractivity contribution in [3.05, 3.63) is 60.2 Å². The summed E-state index contributed by atoms with van der Waals surface area (Å²) in [6.07, 6.45) is 10.6. The van der Waals surface area contributed by atoms with Gasteiger partial charge in [0.1, 0.15) is 5.75 Å². The predicted octanol–water partition coefficient (Wildman–Crippen LogP) is 5.06. The van der Waals surface area contributed by atoms with Gasteiger partial charge >= 0.3 is 0 Å². The van der Waals surface area contributed by atoms with E-state index in [2.05, 4.69) is 15.1 Å². The van der Waals surface area contributed by atoms with Crippen LogP contribution in [0.1, 0.15) is 43.6 Å². The number of carbonyl (C=O) groups excluding carboxylic acids is 1. The molecule has 5 rings (SSSR count). The van der Waals surface area contributed by atoms with Crippen molar-refractivity contribution in [1.82, 2.24) is 24.6 Å². The Balaban J connectivity index is 1.24. The largest absolute Gasteiger partial charge is 0.497 e. The topological polar surface area (TPSA) is 86.3 Å². The molecule has 4 aromatic rings. The molecule has 0 bridgehead atoms. The molecule has 1 saturated heterocycles. The maximum atomic E-state index is 12.7. The summed E-state index contributed by atoms with van der Waals surface area (Å²) in [5.74, 6) is 1.97. The van der Waals surface area contributed by atoms with E-state index in [4.69, 9.17) is 9.26 Å². The first-order valence-electron chi connectivity index (χ1n) is 12.1. The molecule has 8 heteroatoms. The Labute approximate surface area is 204 Å². The molecule has 1 aliphatic rings. The van der Waals surface area contributed by atoms with E-state index in [0.29, 0.717) is 24.7 Å². The molecule has 2 aromatic heterocycles. The lowest BCUT2D eigenvalue weighted by Gasteiger charge is -2.20.